The lowest BCUT2D eigenvalue weighted by Crippen LogP contribution is -2.42. The van der Waals surface area contributed by atoms with Crippen molar-refractivity contribution in [2.45, 2.75) is 30.7 Å². The molecule has 0 spiro atoms. The zero-order valence-corrected chi connectivity index (χ0v) is 13.2. The van der Waals surface area contributed by atoms with Crippen molar-refractivity contribution < 1.29 is 4.21 Å². The first kappa shape index (κ1) is 15.8. The monoisotopic (exact) mass is 305 g/mol. The highest BCUT2D eigenvalue weighted by atomic mass is 32.2. The van der Waals surface area contributed by atoms with Gasteiger partial charge in [0.1, 0.15) is 0 Å². The number of hydrogen-bond acceptors (Lipinski definition) is 2. The summed E-state index contributed by atoms with van der Waals surface area (Å²) >= 11 is 0. The summed E-state index contributed by atoms with van der Waals surface area (Å²) in [7, 11) is -0.983. The zero-order valence-electron chi connectivity index (χ0n) is 12.4. The van der Waals surface area contributed by atoms with Gasteiger partial charge in [0.15, 0.2) is 5.96 Å². The number of benzene rings is 1. The van der Waals surface area contributed by atoms with Gasteiger partial charge in [0, 0.05) is 23.2 Å². The Hall–Kier alpha value is -1.62. The maximum Gasteiger partial charge on any atom is 0.191 e. The third kappa shape index (κ3) is 5.34. The maximum absolute atomic E-state index is 12.1. The number of aliphatic imine (C=N–C) groups is 1. The fourth-order valence-corrected chi connectivity index (χ4v) is 3.13. The van der Waals surface area contributed by atoms with E-state index in [1.165, 1.54) is 0 Å². The summed E-state index contributed by atoms with van der Waals surface area (Å²) in [4.78, 5) is 5.38. The number of hydrogen-bond donors (Lipinski definition) is 2. The van der Waals surface area contributed by atoms with Crippen LogP contribution in [0.5, 0.6) is 0 Å². The molecule has 21 heavy (non-hydrogen) atoms. The molecule has 0 bridgehead atoms. The topological polar surface area (TPSA) is 53.5 Å². The summed E-state index contributed by atoms with van der Waals surface area (Å²) < 4.78 is 12.1. The molecule has 1 atom stereocenters. The van der Waals surface area contributed by atoms with Gasteiger partial charge in [-0.2, -0.15) is 0 Å². The van der Waals surface area contributed by atoms with Crippen LogP contribution in [-0.2, 0) is 10.8 Å². The highest BCUT2D eigenvalue weighted by Gasteiger charge is 2.11. The number of nitrogens with zero attached hydrogens (tertiary/aromatic N) is 1. The van der Waals surface area contributed by atoms with Crippen molar-refractivity contribution in [1.29, 1.82) is 0 Å². The summed E-state index contributed by atoms with van der Waals surface area (Å²) in [5, 5.41) is 6.64. The van der Waals surface area contributed by atoms with Crippen molar-refractivity contribution >= 4 is 16.8 Å². The van der Waals surface area contributed by atoms with Crippen LogP contribution in [0.25, 0.3) is 0 Å². The Morgan fingerprint density at radius 3 is 2.67 bits per heavy atom. The van der Waals surface area contributed by atoms with E-state index < -0.39 is 10.8 Å². The van der Waals surface area contributed by atoms with Crippen molar-refractivity contribution in [2.24, 2.45) is 4.99 Å². The second-order valence-electron chi connectivity index (χ2n) is 4.91. The molecular weight excluding hydrogens is 282 g/mol. The molecule has 1 unspecified atom stereocenters. The minimum Gasteiger partial charge on any atom is -0.357 e. The average molecular weight is 305 g/mol. The maximum atomic E-state index is 12.1. The quantitative estimate of drug-likeness (QED) is 0.480. The molecule has 0 saturated carbocycles. The summed E-state index contributed by atoms with van der Waals surface area (Å²) in [6, 6.07) is 9.98. The zero-order chi connectivity index (χ0) is 14.9. The molecule has 114 valence electrons. The van der Waals surface area contributed by atoms with Crippen LogP contribution in [-0.4, -0.2) is 35.1 Å². The van der Waals surface area contributed by atoms with E-state index in [-0.39, 0.29) is 0 Å². The molecule has 1 aromatic carbocycles. The highest BCUT2D eigenvalue weighted by molar-refractivity contribution is 7.85. The van der Waals surface area contributed by atoms with E-state index in [2.05, 4.69) is 27.8 Å². The summed E-state index contributed by atoms with van der Waals surface area (Å²) in [6.45, 7) is 3.43. The van der Waals surface area contributed by atoms with Gasteiger partial charge in [0.25, 0.3) is 0 Å². The molecule has 0 fully saturated rings. The molecule has 5 heteroatoms. The largest absolute Gasteiger partial charge is 0.357 e. The van der Waals surface area contributed by atoms with Crippen LogP contribution in [0.4, 0.5) is 0 Å². The first-order valence-corrected chi connectivity index (χ1v) is 8.74. The van der Waals surface area contributed by atoms with E-state index in [9.17, 15) is 4.21 Å². The summed E-state index contributed by atoms with van der Waals surface area (Å²) in [5.41, 5.74) is 0. The van der Waals surface area contributed by atoms with Gasteiger partial charge in [-0.15, -0.1) is 0 Å². The van der Waals surface area contributed by atoms with Crippen LogP contribution in [0.3, 0.4) is 0 Å². The SMILES string of the molecule is CCNC(=NCCS(=O)c1ccccc1)NC1CC=CC1. The Morgan fingerprint density at radius 1 is 1.29 bits per heavy atom. The van der Waals surface area contributed by atoms with Crippen molar-refractivity contribution in [3.05, 3.63) is 42.5 Å². The van der Waals surface area contributed by atoms with Gasteiger partial charge < -0.3 is 10.6 Å². The molecule has 2 N–H and O–H groups in total. The van der Waals surface area contributed by atoms with Crippen molar-refractivity contribution in [1.82, 2.24) is 10.6 Å². The van der Waals surface area contributed by atoms with Crippen LogP contribution in [0.15, 0.2) is 52.4 Å². The van der Waals surface area contributed by atoms with Crippen LogP contribution < -0.4 is 10.6 Å². The predicted octanol–water partition coefficient (Wildman–Crippen LogP) is 2.07. The van der Waals surface area contributed by atoms with Gasteiger partial charge in [-0.25, -0.2) is 0 Å². The molecule has 2 rings (SSSR count). The molecule has 0 amide bonds. The van der Waals surface area contributed by atoms with Gasteiger partial charge >= 0.3 is 0 Å². The molecule has 0 radical (unpaired) electrons. The van der Waals surface area contributed by atoms with Gasteiger partial charge in [-0.3, -0.25) is 9.20 Å². The first-order valence-electron chi connectivity index (χ1n) is 7.43. The van der Waals surface area contributed by atoms with Gasteiger partial charge in [-0.05, 0) is 31.9 Å². The molecule has 1 aliphatic carbocycles. The lowest BCUT2D eigenvalue weighted by atomic mass is 10.2. The van der Waals surface area contributed by atoms with Crippen LogP contribution in [0.2, 0.25) is 0 Å². The number of nitrogens with one attached hydrogen (secondary N) is 2. The average Bonchev–Trinajstić information content (AvgIpc) is 3.01. The van der Waals surface area contributed by atoms with E-state index in [4.69, 9.17) is 0 Å². The van der Waals surface area contributed by atoms with Crippen LogP contribution >= 0.6 is 0 Å². The third-order valence-corrected chi connectivity index (χ3v) is 4.60. The van der Waals surface area contributed by atoms with Crippen molar-refractivity contribution in [2.75, 3.05) is 18.8 Å². The molecule has 4 nitrogen and oxygen atoms in total. The Bertz CT molecular complexity index is 506. The second-order valence-corrected chi connectivity index (χ2v) is 6.48. The minimum absolute atomic E-state index is 0.433. The molecule has 0 heterocycles. The molecule has 0 aliphatic heterocycles. The lowest BCUT2D eigenvalue weighted by Gasteiger charge is -2.16. The van der Waals surface area contributed by atoms with Crippen LogP contribution in [0.1, 0.15) is 19.8 Å². The summed E-state index contributed by atoms with van der Waals surface area (Å²) in [6.07, 6.45) is 6.46. The van der Waals surface area contributed by atoms with E-state index in [0.717, 1.165) is 30.2 Å². The highest BCUT2D eigenvalue weighted by Crippen LogP contribution is 2.09. The number of guanidine groups is 1. The third-order valence-electron chi connectivity index (χ3n) is 3.25. The fraction of sp³-hybridized carbons (Fsp3) is 0.438. The molecule has 1 aliphatic rings. The van der Waals surface area contributed by atoms with Gasteiger partial charge in [0.2, 0.25) is 0 Å². The van der Waals surface area contributed by atoms with Crippen molar-refractivity contribution in [3.63, 3.8) is 0 Å². The van der Waals surface area contributed by atoms with Crippen molar-refractivity contribution in [3.8, 4) is 0 Å². The lowest BCUT2D eigenvalue weighted by molar-refractivity contribution is 0.634. The van der Waals surface area contributed by atoms with E-state index in [1.807, 2.05) is 37.3 Å². The molecular formula is C16H23N3OS. The Morgan fingerprint density at radius 2 is 2.00 bits per heavy atom. The van der Waals surface area contributed by atoms with E-state index in [1.54, 1.807) is 0 Å². The smallest absolute Gasteiger partial charge is 0.191 e. The first-order chi connectivity index (χ1) is 10.3. The Labute approximate surface area is 129 Å². The van der Waals surface area contributed by atoms with Crippen LogP contribution in [0, 0.1) is 0 Å². The van der Waals surface area contributed by atoms with Gasteiger partial charge in [0.05, 0.1) is 17.3 Å². The predicted molar refractivity (Wildman–Crippen MR) is 89.0 cm³/mol. The second kappa shape index (κ2) is 8.62. The Kier molecular flexibility index (Phi) is 6.47. The van der Waals surface area contributed by atoms with Gasteiger partial charge in [-0.1, -0.05) is 30.4 Å². The number of rotatable bonds is 6. The molecule has 0 saturated heterocycles. The van der Waals surface area contributed by atoms with E-state index >= 15 is 0 Å². The Balaban J connectivity index is 1.83. The summed E-state index contributed by atoms with van der Waals surface area (Å²) in [5.74, 6) is 1.36. The normalized spacial score (nSPS) is 16.9. The van der Waals surface area contributed by atoms with E-state index in [0.29, 0.717) is 18.3 Å². The minimum atomic E-state index is -0.983. The standard InChI is InChI=1S/C16H23N3OS/c1-2-17-16(19-14-8-6-7-9-14)18-12-13-21(20)15-10-4-3-5-11-15/h3-7,10-11,14H,2,8-9,12-13H2,1H3,(H2,17,18,19). The molecule has 0 aromatic heterocycles. The molecule has 1 aromatic rings. The fourth-order valence-electron chi connectivity index (χ4n) is 2.18.